The standard InChI is InChI=1S/C30H34N2O4/c1-20(2)22-9-13-25(14-10-22)32-26(23-11-16-28(34-4)30(18-23)36-6)19-24(31-32)12-7-21-8-15-27(33-3)29(17-21)35-5/h7-18,20,26H,19H2,1-6H3. The third-order valence-corrected chi connectivity index (χ3v) is 6.43. The maximum Gasteiger partial charge on any atom is 0.161 e. The highest BCUT2D eigenvalue weighted by Crippen LogP contribution is 2.39. The van der Waals surface area contributed by atoms with Crippen molar-refractivity contribution in [2.24, 2.45) is 5.10 Å². The molecular formula is C30H34N2O4. The van der Waals surface area contributed by atoms with Crippen LogP contribution in [-0.4, -0.2) is 34.2 Å². The molecule has 1 unspecified atom stereocenters. The van der Waals surface area contributed by atoms with Crippen LogP contribution < -0.4 is 24.0 Å². The van der Waals surface area contributed by atoms with Crippen molar-refractivity contribution in [3.05, 3.63) is 83.4 Å². The lowest BCUT2D eigenvalue weighted by Crippen LogP contribution is -2.18. The van der Waals surface area contributed by atoms with Gasteiger partial charge in [0.25, 0.3) is 0 Å². The monoisotopic (exact) mass is 486 g/mol. The lowest BCUT2D eigenvalue weighted by Gasteiger charge is -2.25. The zero-order chi connectivity index (χ0) is 25.7. The summed E-state index contributed by atoms with van der Waals surface area (Å²) >= 11 is 0. The van der Waals surface area contributed by atoms with E-state index < -0.39 is 0 Å². The smallest absolute Gasteiger partial charge is 0.161 e. The summed E-state index contributed by atoms with van der Waals surface area (Å²) in [6, 6.07) is 20.6. The van der Waals surface area contributed by atoms with E-state index in [9.17, 15) is 0 Å². The Balaban J connectivity index is 1.67. The van der Waals surface area contributed by atoms with Gasteiger partial charge in [0, 0.05) is 6.42 Å². The highest BCUT2D eigenvalue weighted by molar-refractivity contribution is 6.01. The van der Waals surface area contributed by atoms with Gasteiger partial charge in [-0.1, -0.05) is 44.2 Å². The van der Waals surface area contributed by atoms with Gasteiger partial charge >= 0.3 is 0 Å². The molecule has 6 heteroatoms. The highest BCUT2D eigenvalue weighted by atomic mass is 16.5. The molecule has 188 valence electrons. The average Bonchev–Trinajstić information content (AvgIpc) is 3.35. The first-order valence-corrected chi connectivity index (χ1v) is 12.1. The summed E-state index contributed by atoms with van der Waals surface area (Å²) in [7, 11) is 6.59. The Morgan fingerprint density at radius 2 is 1.36 bits per heavy atom. The Morgan fingerprint density at radius 1 is 0.750 bits per heavy atom. The number of rotatable bonds is 9. The van der Waals surface area contributed by atoms with Crippen LogP contribution in [0.2, 0.25) is 0 Å². The minimum atomic E-state index is 0.0276. The summed E-state index contributed by atoms with van der Waals surface area (Å²) in [4.78, 5) is 0. The molecule has 0 amide bonds. The number of benzene rings is 3. The van der Waals surface area contributed by atoms with Crippen LogP contribution in [0, 0.1) is 0 Å². The van der Waals surface area contributed by atoms with Crippen LogP contribution in [0.5, 0.6) is 23.0 Å². The first-order valence-electron chi connectivity index (χ1n) is 12.1. The summed E-state index contributed by atoms with van der Waals surface area (Å²) in [5.41, 5.74) is 5.46. The van der Waals surface area contributed by atoms with Gasteiger partial charge in [-0.25, -0.2) is 0 Å². The van der Waals surface area contributed by atoms with Gasteiger partial charge in [-0.3, -0.25) is 5.01 Å². The number of hydrogen-bond donors (Lipinski definition) is 0. The molecule has 3 aromatic carbocycles. The highest BCUT2D eigenvalue weighted by Gasteiger charge is 2.29. The van der Waals surface area contributed by atoms with Crippen LogP contribution >= 0.6 is 0 Å². The number of hydrogen-bond acceptors (Lipinski definition) is 6. The second-order valence-electron chi connectivity index (χ2n) is 8.96. The first-order chi connectivity index (χ1) is 17.5. The molecular weight excluding hydrogens is 452 g/mol. The first kappa shape index (κ1) is 25.2. The van der Waals surface area contributed by atoms with E-state index in [-0.39, 0.29) is 6.04 Å². The molecule has 0 N–H and O–H groups in total. The van der Waals surface area contributed by atoms with Crippen LogP contribution in [-0.2, 0) is 0 Å². The molecule has 36 heavy (non-hydrogen) atoms. The number of hydrazone groups is 1. The summed E-state index contributed by atoms with van der Waals surface area (Å²) < 4.78 is 21.8. The van der Waals surface area contributed by atoms with Crippen molar-refractivity contribution in [2.45, 2.75) is 32.2 Å². The van der Waals surface area contributed by atoms with Gasteiger partial charge in [0.05, 0.1) is 45.9 Å². The lowest BCUT2D eigenvalue weighted by molar-refractivity contribution is 0.354. The molecule has 1 aliphatic heterocycles. The zero-order valence-corrected chi connectivity index (χ0v) is 21.8. The van der Waals surface area contributed by atoms with Crippen molar-refractivity contribution in [2.75, 3.05) is 33.4 Å². The molecule has 1 aliphatic rings. The Kier molecular flexibility index (Phi) is 7.84. The number of ether oxygens (including phenoxy) is 4. The van der Waals surface area contributed by atoms with Gasteiger partial charge < -0.3 is 18.9 Å². The molecule has 0 aliphatic carbocycles. The normalized spacial score (nSPS) is 15.4. The van der Waals surface area contributed by atoms with Crippen molar-refractivity contribution >= 4 is 17.5 Å². The predicted molar refractivity (Wildman–Crippen MR) is 146 cm³/mol. The van der Waals surface area contributed by atoms with Crippen LogP contribution in [0.3, 0.4) is 0 Å². The molecule has 1 atom stereocenters. The van der Waals surface area contributed by atoms with E-state index in [2.05, 4.69) is 61.3 Å². The van der Waals surface area contributed by atoms with E-state index in [0.29, 0.717) is 28.9 Å². The van der Waals surface area contributed by atoms with Crippen LogP contribution in [0.15, 0.2) is 71.8 Å². The molecule has 4 rings (SSSR count). The Bertz CT molecular complexity index is 1250. The Morgan fingerprint density at radius 3 is 1.97 bits per heavy atom. The van der Waals surface area contributed by atoms with E-state index in [1.807, 2.05) is 30.3 Å². The Hall–Kier alpha value is -3.93. The largest absolute Gasteiger partial charge is 0.493 e. The topological polar surface area (TPSA) is 52.5 Å². The number of allylic oxidation sites excluding steroid dienone is 1. The fraction of sp³-hybridized carbons (Fsp3) is 0.300. The maximum atomic E-state index is 5.58. The summed E-state index contributed by atoms with van der Waals surface area (Å²) in [6.45, 7) is 4.40. The van der Waals surface area contributed by atoms with Gasteiger partial charge in [-0.15, -0.1) is 0 Å². The van der Waals surface area contributed by atoms with E-state index in [4.69, 9.17) is 24.0 Å². The molecule has 0 radical (unpaired) electrons. The van der Waals surface area contributed by atoms with Crippen molar-refractivity contribution in [1.29, 1.82) is 0 Å². The summed E-state index contributed by atoms with van der Waals surface area (Å²) in [5.74, 6) is 3.30. The minimum absolute atomic E-state index is 0.0276. The lowest BCUT2D eigenvalue weighted by atomic mass is 9.99. The van der Waals surface area contributed by atoms with Crippen molar-refractivity contribution in [1.82, 2.24) is 0 Å². The fourth-order valence-electron chi connectivity index (χ4n) is 4.35. The quantitative estimate of drug-likeness (QED) is 0.330. The third-order valence-electron chi connectivity index (χ3n) is 6.43. The van der Waals surface area contributed by atoms with Crippen LogP contribution in [0.25, 0.3) is 6.08 Å². The second-order valence-corrected chi connectivity index (χ2v) is 8.96. The molecule has 0 aromatic heterocycles. The van der Waals surface area contributed by atoms with Crippen molar-refractivity contribution < 1.29 is 18.9 Å². The Labute approximate surface area is 213 Å². The van der Waals surface area contributed by atoms with Crippen LogP contribution in [0.1, 0.15) is 48.9 Å². The zero-order valence-electron chi connectivity index (χ0n) is 21.8. The van der Waals surface area contributed by atoms with E-state index in [1.54, 1.807) is 28.4 Å². The van der Waals surface area contributed by atoms with Gasteiger partial charge in [-0.05, 0) is 65.1 Å². The maximum absolute atomic E-state index is 5.58. The predicted octanol–water partition coefficient (Wildman–Crippen LogP) is 6.87. The SMILES string of the molecule is COc1ccc(C=CC2=NN(c3ccc(C(C)C)cc3)C(c3ccc(OC)c(OC)c3)C2)cc1OC. The fourth-order valence-corrected chi connectivity index (χ4v) is 4.35. The number of nitrogens with zero attached hydrogens (tertiary/aromatic N) is 2. The molecule has 0 fully saturated rings. The number of anilines is 1. The van der Waals surface area contributed by atoms with Gasteiger partial charge in [0.1, 0.15) is 0 Å². The van der Waals surface area contributed by atoms with Crippen molar-refractivity contribution in [3.8, 4) is 23.0 Å². The van der Waals surface area contributed by atoms with Crippen molar-refractivity contribution in [3.63, 3.8) is 0 Å². The van der Waals surface area contributed by atoms with Gasteiger partial charge in [0.2, 0.25) is 0 Å². The summed E-state index contributed by atoms with van der Waals surface area (Å²) in [6.07, 6.45) is 4.88. The van der Waals surface area contributed by atoms with E-state index >= 15 is 0 Å². The molecule has 0 saturated carbocycles. The molecule has 0 saturated heterocycles. The average molecular weight is 487 g/mol. The second kappa shape index (κ2) is 11.2. The molecule has 3 aromatic rings. The van der Waals surface area contributed by atoms with E-state index in [1.165, 1.54) is 5.56 Å². The molecule has 0 spiro atoms. The molecule has 6 nitrogen and oxygen atoms in total. The molecule has 0 bridgehead atoms. The number of methoxy groups -OCH3 is 4. The molecule has 1 heterocycles. The van der Waals surface area contributed by atoms with E-state index in [0.717, 1.165) is 28.9 Å². The third kappa shape index (κ3) is 5.33. The van der Waals surface area contributed by atoms with Gasteiger partial charge in [0.15, 0.2) is 23.0 Å². The van der Waals surface area contributed by atoms with Gasteiger partial charge in [-0.2, -0.15) is 5.10 Å². The van der Waals surface area contributed by atoms with Crippen LogP contribution in [0.4, 0.5) is 5.69 Å². The minimum Gasteiger partial charge on any atom is -0.493 e. The summed E-state index contributed by atoms with van der Waals surface area (Å²) in [5, 5.41) is 7.11.